The number of likely N-dealkylation sites (N-methyl/N-ethyl adjacent to an activating group) is 1. The average molecular weight is 1050 g/mol. The van der Waals surface area contributed by atoms with Gasteiger partial charge < -0.3 is 27.9 Å². The Hall–Kier alpha value is -3.33. The maximum absolute atomic E-state index is 12.8. The molecule has 0 aliphatic carbocycles. The Balaban J connectivity index is 4.22. The van der Waals surface area contributed by atoms with E-state index in [4.69, 9.17) is 18.5 Å². The summed E-state index contributed by atoms with van der Waals surface area (Å²) >= 11 is 0. The van der Waals surface area contributed by atoms with E-state index in [0.717, 1.165) is 109 Å². The molecule has 0 radical (unpaired) electrons. The highest BCUT2D eigenvalue weighted by Crippen LogP contribution is 2.38. The SMILES string of the molecule is CC/C=C\C/C=C\C/C=C\C/C=C\C/C=C\C/C=C\C/C=C\C/C=C\C/C=C\CCCCCCCC(=O)OC(COC(=O)CCCCCCCCCCCCCCCCCCC)COP(=O)([O-])OCC[N+](C)(C)C. The highest BCUT2D eigenvalue weighted by atomic mass is 31.2. The molecule has 9 nitrogen and oxygen atoms in total. The van der Waals surface area contributed by atoms with Crippen LogP contribution >= 0.6 is 7.82 Å². The Kier molecular flexibility index (Phi) is 52.0. The molecule has 0 heterocycles. The third-order valence-corrected chi connectivity index (χ3v) is 13.3. The number of quaternary nitrogens is 1. The number of esters is 2. The lowest BCUT2D eigenvalue weighted by atomic mass is 10.0. The number of rotatable bonds is 53. The summed E-state index contributed by atoms with van der Waals surface area (Å²) < 4.78 is 34.1. The van der Waals surface area contributed by atoms with Gasteiger partial charge in [-0.3, -0.25) is 14.2 Å². The molecule has 0 bridgehead atoms. The lowest BCUT2D eigenvalue weighted by Gasteiger charge is -2.28. The highest BCUT2D eigenvalue weighted by Gasteiger charge is 2.21. The van der Waals surface area contributed by atoms with E-state index < -0.39 is 26.5 Å². The molecule has 0 spiro atoms. The van der Waals surface area contributed by atoms with Gasteiger partial charge in [-0.15, -0.1) is 0 Å². The minimum Gasteiger partial charge on any atom is -0.756 e. The van der Waals surface area contributed by atoms with Gasteiger partial charge in [0.1, 0.15) is 19.8 Å². The van der Waals surface area contributed by atoms with Gasteiger partial charge >= 0.3 is 11.9 Å². The Bertz CT molecular complexity index is 1620. The third kappa shape index (κ3) is 57.9. The van der Waals surface area contributed by atoms with E-state index in [1.807, 2.05) is 21.1 Å². The molecule has 424 valence electrons. The van der Waals surface area contributed by atoms with Crippen LogP contribution in [-0.2, 0) is 32.7 Å². The number of ether oxygens (including phenoxy) is 2. The van der Waals surface area contributed by atoms with E-state index in [1.54, 1.807) is 0 Å². The van der Waals surface area contributed by atoms with Crippen molar-refractivity contribution in [2.24, 2.45) is 0 Å². The van der Waals surface area contributed by atoms with Gasteiger partial charge in [-0.1, -0.05) is 245 Å². The van der Waals surface area contributed by atoms with E-state index in [2.05, 4.69) is 123 Å². The van der Waals surface area contributed by atoms with Gasteiger partial charge in [0.2, 0.25) is 0 Å². The van der Waals surface area contributed by atoms with Gasteiger partial charge in [0, 0.05) is 12.8 Å². The number of allylic oxidation sites excluding steroid dienone is 18. The van der Waals surface area contributed by atoms with Crippen LogP contribution in [0.1, 0.15) is 232 Å². The first-order valence-corrected chi connectivity index (χ1v) is 31.1. The van der Waals surface area contributed by atoms with Gasteiger partial charge in [-0.2, -0.15) is 0 Å². The topological polar surface area (TPSA) is 111 Å². The predicted molar refractivity (Wildman–Crippen MR) is 314 cm³/mol. The fraction of sp³-hybridized carbons (Fsp3) is 0.688. The monoisotopic (exact) mass is 1050 g/mol. The fourth-order valence-corrected chi connectivity index (χ4v) is 8.49. The van der Waals surface area contributed by atoms with Crippen molar-refractivity contribution in [1.29, 1.82) is 0 Å². The van der Waals surface area contributed by atoms with Crippen LogP contribution in [0.5, 0.6) is 0 Å². The summed E-state index contributed by atoms with van der Waals surface area (Å²) in [5.74, 6) is -0.856. The molecular formula is C64H110NO8P. The van der Waals surface area contributed by atoms with Crippen molar-refractivity contribution in [3.63, 3.8) is 0 Å². The molecule has 0 fully saturated rings. The van der Waals surface area contributed by atoms with Crippen molar-refractivity contribution in [1.82, 2.24) is 0 Å². The number of unbranched alkanes of at least 4 members (excludes halogenated alkanes) is 21. The molecule has 0 aromatic heterocycles. The van der Waals surface area contributed by atoms with Crippen LogP contribution in [0, 0.1) is 0 Å². The first-order chi connectivity index (χ1) is 36.0. The lowest BCUT2D eigenvalue weighted by molar-refractivity contribution is -0.870. The van der Waals surface area contributed by atoms with Gasteiger partial charge in [-0.25, -0.2) is 0 Å². The maximum Gasteiger partial charge on any atom is 0.306 e. The molecule has 10 heteroatoms. The fourth-order valence-electron chi connectivity index (χ4n) is 7.77. The average Bonchev–Trinajstić information content (AvgIpc) is 3.36. The van der Waals surface area contributed by atoms with Crippen LogP contribution in [0.25, 0.3) is 0 Å². The Labute approximate surface area is 455 Å². The van der Waals surface area contributed by atoms with Crippen molar-refractivity contribution in [3.8, 4) is 0 Å². The van der Waals surface area contributed by atoms with Crippen LogP contribution in [0.3, 0.4) is 0 Å². The van der Waals surface area contributed by atoms with Crippen molar-refractivity contribution in [2.45, 2.75) is 238 Å². The van der Waals surface area contributed by atoms with Crippen molar-refractivity contribution >= 4 is 19.8 Å². The molecule has 0 rings (SSSR count). The summed E-state index contributed by atoms with van der Waals surface area (Å²) in [5, 5.41) is 0. The zero-order valence-corrected chi connectivity index (χ0v) is 48.9. The van der Waals surface area contributed by atoms with Crippen LogP contribution in [0.15, 0.2) is 109 Å². The molecule has 0 N–H and O–H groups in total. The number of phosphoric ester groups is 1. The van der Waals surface area contributed by atoms with Crippen LogP contribution < -0.4 is 4.89 Å². The molecule has 2 atom stereocenters. The minimum absolute atomic E-state index is 0.0392. The minimum atomic E-state index is -4.65. The molecule has 74 heavy (non-hydrogen) atoms. The summed E-state index contributed by atoms with van der Waals surface area (Å²) in [7, 11) is 1.14. The van der Waals surface area contributed by atoms with Crippen LogP contribution in [0.2, 0.25) is 0 Å². The molecule has 0 aromatic rings. The van der Waals surface area contributed by atoms with Crippen molar-refractivity contribution < 1.29 is 42.1 Å². The number of phosphoric acid groups is 1. The maximum atomic E-state index is 12.8. The van der Waals surface area contributed by atoms with E-state index in [0.29, 0.717) is 17.4 Å². The van der Waals surface area contributed by atoms with Crippen molar-refractivity contribution in [3.05, 3.63) is 109 Å². The molecule has 2 unspecified atom stereocenters. The Morgan fingerprint density at radius 3 is 1.15 bits per heavy atom. The molecular weight excluding hydrogens is 942 g/mol. The summed E-state index contributed by atoms with van der Waals surface area (Å²) in [6.45, 7) is 4.11. The van der Waals surface area contributed by atoms with E-state index >= 15 is 0 Å². The van der Waals surface area contributed by atoms with Gasteiger partial charge in [0.25, 0.3) is 7.82 Å². The van der Waals surface area contributed by atoms with Crippen LogP contribution in [-0.4, -0.2) is 70.0 Å². The number of hydrogen-bond donors (Lipinski definition) is 0. The first kappa shape index (κ1) is 70.7. The second-order valence-electron chi connectivity index (χ2n) is 20.6. The molecule has 0 aliphatic rings. The molecule has 0 amide bonds. The molecule has 0 aliphatic heterocycles. The number of hydrogen-bond acceptors (Lipinski definition) is 8. The Morgan fingerprint density at radius 2 is 0.770 bits per heavy atom. The largest absolute Gasteiger partial charge is 0.756 e. The quantitative estimate of drug-likeness (QED) is 0.0195. The highest BCUT2D eigenvalue weighted by molar-refractivity contribution is 7.45. The number of carbonyl (C=O) groups is 2. The normalized spacial score (nSPS) is 14.1. The van der Waals surface area contributed by atoms with E-state index in [9.17, 15) is 19.0 Å². The van der Waals surface area contributed by atoms with Gasteiger partial charge in [0.05, 0.1) is 27.7 Å². The van der Waals surface area contributed by atoms with Crippen molar-refractivity contribution in [2.75, 3.05) is 47.5 Å². The third-order valence-electron chi connectivity index (χ3n) is 12.3. The smallest absolute Gasteiger partial charge is 0.306 e. The molecule has 0 saturated heterocycles. The standard InChI is InChI=1S/C64H110NO8P/c1-6-8-10-12-14-16-18-20-22-24-25-26-27-28-29-30-31-32-33-34-35-36-37-38-39-41-43-45-47-49-51-53-55-57-64(67)73-62(61-72-74(68,69)71-59-58-65(3,4)5)60-70-63(66)56-54-52-50-48-46-44-42-40-23-21-19-17-15-13-11-9-7-2/h8,10,14,16,20,22,25-26,28-29,31-32,34-35,37-38,41,43,62H,6-7,9,11-13,15,17-19,21,23-24,27,30,33,36,39-40,42,44-61H2,1-5H3/b10-8-,16-14-,22-20-,26-25-,29-28-,32-31-,35-34-,38-37-,43-41-. The van der Waals surface area contributed by atoms with Crippen LogP contribution in [0.4, 0.5) is 0 Å². The summed E-state index contributed by atoms with van der Waals surface area (Å²) in [4.78, 5) is 37.9. The summed E-state index contributed by atoms with van der Waals surface area (Å²) in [6.07, 6.45) is 75.6. The molecule has 0 aromatic carbocycles. The molecule has 0 saturated carbocycles. The Morgan fingerprint density at radius 1 is 0.432 bits per heavy atom. The number of nitrogens with zero attached hydrogens (tertiary/aromatic N) is 1. The van der Waals surface area contributed by atoms with Gasteiger partial charge in [0.15, 0.2) is 6.10 Å². The van der Waals surface area contributed by atoms with Gasteiger partial charge in [-0.05, 0) is 83.5 Å². The summed E-state index contributed by atoms with van der Waals surface area (Å²) in [6, 6.07) is 0. The second-order valence-corrected chi connectivity index (χ2v) is 22.0. The zero-order valence-electron chi connectivity index (χ0n) is 48.0. The zero-order chi connectivity index (χ0) is 54.2. The predicted octanol–water partition coefficient (Wildman–Crippen LogP) is 18.0. The first-order valence-electron chi connectivity index (χ1n) is 29.6. The van der Waals surface area contributed by atoms with E-state index in [1.165, 1.54) is 89.9 Å². The lowest BCUT2D eigenvalue weighted by Crippen LogP contribution is -2.37. The van der Waals surface area contributed by atoms with E-state index in [-0.39, 0.29) is 32.0 Å². The summed E-state index contributed by atoms with van der Waals surface area (Å²) in [5.41, 5.74) is 0. The second kappa shape index (κ2) is 54.5. The number of carbonyl (C=O) groups excluding carboxylic acids is 2.